The van der Waals surface area contributed by atoms with Gasteiger partial charge in [0.1, 0.15) is 18.3 Å². The molecule has 1 amide bonds. The summed E-state index contributed by atoms with van der Waals surface area (Å²) in [5.74, 6) is -2.64. The summed E-state index contributed by atoms with van der Waals surface area (Å²) in [6, 6.07) is 9.24. The summed E-state index contributed by atoms with van der Waals surface area (Å²) >= 11 is 0. The Hall–Kier alpha value is -3.04. The Balaban J connectivity index is 1.73. The quantitative estimate of drug-likeness (QED) is 0.361. The van der Waals surface area contributed by atoms with Crippen molar-refractivity contribution < 1.29 is 23.0 Å². The number of rotatable bonds is 10. The average Bonchev–Trinajstić information content (AvgIpc) is 2.82. The number of nitrogens with zero attached hydrogens (tertiary/aromatic N) is 1. The number of ether oxygens (including phenoxy) is 2. The predicted octanol–water partition coefficient (Wildman–Crippen LogP) is 3.51. The number of halogens is 2. The first-order chi connectivity index (χ1) is 16.3. The zero-order valence-corrected chi connectivity index (χ0v) is 19.6. The van der Waals surface area contributed by atoms with Crippen LogP contribution >= 0.6 is 0 Å². The Morgan fingerprint density at radius 1 is 1.24 bits per heavy atom. The molecule has 1 saturated heterocycles. The summed E-state index contributed by atoms with van der Waals surface area (Å²) in [6.45, 7) is 3.08. The van der Waals surface area contributed by atoms with Crippen LogP contribution < -0.4 is 15.8 Å². The predicted molar refractivity (Wildman–Crippen MR) is 126 cm³/mol. The van der Waals surface area contributed by atoms with E-state index in [-0.39, 0.29) is 37.4 Å². The highest BCUT2D eigenvalue weighted by molar-refractivity contribution is 5.94. The molecule has 0 spiro atoms. The van der Waals surface area contributed by atoms with Gasteiger partial charge in [-0.3, -0.25) is 10.2 Å². The molecular weight excluding hydrogens is 442 g/mol. The van der Waals surface area contributed by atoms with E-state index in [4.69, 9.17) is 20.6 Å². The number of hydrogen-bond acceptors (Lipinski definition) is 5. The first-order valence-electron chi connectivity index (χ1n) is 11.4. The fourth-order valence-electron chi connectivity index (χ4n) is 3.98. The van der Waals surface area contributed by atoms with Crippen molar-refractivity contribution in [2.75, 3.05) is 26.8 Å². The Kier molecular flexibility index (Phi) is 8.95. The van der Waals surface area contributed by atoms with Gasteiger partial charge in [0.05, 0.1) is 5.56 Å². The van der Waals surface area contributed by atoms with E-state index >= 15 is 4.39 Å². The second kappa shape index (κ2) is 11.9. The molecule has 0 radical (unpaired) electrons. The van der Waals surface area contributed by atoms with Gasteiger partial charge in [0.15, 0.2) is 17.7 Å². The molecule has 0 bridgehead atoms. The Labute approximate surface area is 198 Å². The molecule has 2 unspecified atom stereocenters. The highest BCUT2D eigenvalue weighted by Crippen LogP contribution is 2.31. The molecule has 3 rings (SSSR count). The number of nitrogen functional groups attached to an aromatic ring is 1. The lowest BCUT2D eigenvalue weighted by Gasteiger charge is -2.32. The minimum absolute atomic E-state index is 0.0600. The largest absolute Gasteiger partial charge is 0.489 e. The molecular formula is C25H32F2N4O3. The minimum Gasteiger partial charge on any atom is -0.489 e. The van der Waals surface area contributed by atoms with Gasteiger partial charge in [-0.2, -0.15) is 0 Å². The number of carbonyl (C=O) groups excluding carboxylic acids is 1. The van der Waals surface area contributed by atoms with Gasteiger partial charge in [-0.05, 0) is 51.1 Å². The highest BCUT2D eigenvalue weighted by atomic mass is 19.1. The van der Waals surface area contributed by atoms with Crippen LogP contribution in [0.2, 0.25) is 0 Å². The summed E-state index contributed by atoms with van der Waals surface area (Å²) in [6.07, 6.45) is 1.68. The van der Waals surface area contributed by atoms with Gasteiger partial charge in [-0.25, -0.2) is 8.78 Å². The summed E-state index contributed by atoms with van der Waals surface area (Å²) < 4.78 is 41.2. The number of amidine groups is 1. The number of nitrogens with one attached hydrogen (secondary N) is 2. The van der Waals surface area contributed by atoms with Crippen LogP contribution in [0.4, 0.5) is 8.78 Å². The Morgan fingerprint density at radius 2 is 1.97 bits per heavy atom. The zero-order chi connectivity index (χ0) is 24.7. The first kappa shape index (κ1) is 25.6. The molecule has 7 nitrogen and oxygen atoms in total. The molecule has 4 N–H and O–H groups in total. The lowest BCUT2D eigenvalue weighted by Crippen LogP contribution is -2.40. The second-order valence-corrected chi connectivity index (χ2v) is 8.38. The number of piperidine rings is 1. The maximum absolute atomic E-state index is 15.3. The molecule has 0 aliphatic carbocycles. The number of carbonyl (C=O) groups is 1. The lowest BCUT2D eigenvalue weighted by molar-refractivity contribution is -0.133. The highest BCUT2D eigenvalue weighted by Gasteiger charge is 2.30. The van der Waals surface area contributed by atoms with E-state index in [1.54, 1.807) is 31.2 Å². The van der Waals surface area contributed by atoms with Crippen LogP contribution in [0.1, 0.15) is 49.0 Å². The van der Waals surface area contributed by atoms with E-state index < -0.39 is 29.2 Å². The van der Waals surface area contributed by atoms with Crippen LogP contribution in [-0.2, 0) is 16.1 Å². The SMILES string of the molecule is CCOC(C(=O)NCc1ccc(C(=N)N)cc1)c1c(F)ccc(OCC2CCCCN2C)c1F. The van der Waals surface area contributed by atoms with E-state index in [1.807, 2.05) is 7.05 Å². The minimum atomic E-state index is -1.47. The van der Waals surface area contributed by atoms with E-state index in [0.29, 0.717) is 5.56 Å². The third-order valence-corrected chi connectivity index (χ3v) is 6.01. The van der Waals surface area contributed by atoms with Gasteiger partial charge in [-0.1, -0.05) is 30.7 Å². The third kappa shape index (κ3) is 6.30. The van der Waals surface area contributed by atoms with Crippen molar-refractivity contribution in [1.82, 2.24) is 10.2 Å². The number of hydrogen-bond donors (Lipinski definition) is 3. The molecule has 1 fully saturated rings. The smallest absolute Gasteiger partial charge is 0.254 e. The topological polar surface area (TPSA) is 101 Å². The summed E-state index contributed by atoms with van der Waals surface area (Å²) in [5, 5.41) is 10.1. The van der Waals surface area contributed by atoms with Crippen LogP contribution in [-0.4, -0.2) is 49.5 Å². The molecule has 9 heteroatoms. The fraction of sp³-hybridized carbons (Fsp3) is 0.440. The van der Waals surface area contributed by atoms with E-state index in [9.17, 15) is 9.18 Å². The van der Waals surface area contributed by atoms with Crippen LogP contribution in [0.3, 0.4) is 0 Å². The van der Waals surface area contributed by atoms with Crippen molar-refractivity contribution in [3.8, 4) is 5.75 Å². The van der Waals surface area contributed by atoms with Crippen LogP contribution in [0.5, 0.6) is 5.75 Å². The molecule has 2 atom stereocenters. The molecule has 1 heterocycles. The number of nitrogens with two attached hydrogens (primary N) is 1. The standard InChI is InChI=1S/C25H32F2N4O3/c1-3-33-23(25(32)30-14-16-7-9-17(10-8-16)24(28)29)21-19(26)11-12-20(22(21)27)34-15-18-6-4-5-13-31(18)2/h7-12,18,23H,3-6,13-15H2,1-2H3,(H3,28,29)(H,30,32). The second-order valence-electron chi connectivity index (χ2n) is 8.38. The van der Waals surface area contributed by atoms with E-state index in [0.717, 1.165) is 37.4 Å². The summed E-state index contributed by atoms with van der Waals surface area (Å²) in [4.78, 5) is 15.0. The molecule has 2 aromatic carbocycles. The molecule has 184 valence electrons. The van der Waals surface area contributed by atoms with Gasteiger partial charge >= 0.3 is 0 Å². The maximum atomic E-state index is 15.3. The third-order valence-electron chi connectivity index (χ3n) is 6.01. The van der Waals surface area contributed by atoms with Crippen molar-refractivity contribution >= 4 is 11.7 Å². The number of likely N-dealkylation sites (tertiary alicyclic amines) is 1. The maximum Gasteiger partial charge on any atom is 0.254 e. The van der Waals surface area contributed by atoms with Gasteiger partial charge in [0, 0.05) is 24.8 Å². The van der Waals surface area contributed by atoms with Crippen molar-refractivity contribution in [3.05, 3.63) is 64.7 Å². The Bertz CT molecular complexity index is 1000. The Morgan fingerprint density at radius 3 is 2.62 bits per heavy atom. The van der Waals surface area contributed by atoms with Crippen LogP contribution in [0, 0.1) is 17.0 Å². The van der Waals surface area contributed by atoms with Crippen molar-refractivity contribution in [3.63, 3.8) is 0 Å². The molecule has 2 aromatic rings. The summed E-state index contributed by atoms with van der Waals surface area (Å²) in [5.41, 5.74) is 6.27. The van der Waals surface area contributed by atoms with Crippen LogP contribution in [0.15, 0.2) is 36.4 Å². The number of likely N-dealkylation sites (N-methyl/N-ethyl adjacent to an activating group) is 1. The van der Waals surface area contributed by atoms with Crippen LogP contribution in [0.25, 0.3) is 0 Å². The molecule has 1 aliphatic heterocycles. The van der Waals surface area contributed by atoms with Crippen molar-refractivity contribution in [1.29, 1.82) is 5.41 Å². The van der Waals surface area contributed by atoms with Crippen molar-refractivity contribution in [2.45, 2.75) is 44.9 Å². The van der Waals surface area contributed by atoms with Gasteiger partial charge in [0.25, 0.3) is 5.91 Å². The van der Waals surface area contributed by atoms with E-state index in [1.165, 1.54) is 6.07 Å². The first-order valence-corrected chi connectivity index (χ1v) is 11.4. The van der Waals surface area contributed by atoms with E-state index in [2.05, 4.69) is 10.2 Å². The normalized spacial score (nSPS) is 17.2. The van der Waals surface area contributed by atoms with Gasteiger partial charge < -0.3 is 25.4 Å². The monoisotopic (exact) mass is 474 g/mol. The zero-order valence-electron chi connectivity index (χ0n) is 19.6. The number of amides is 1. The molecule has 0 saturated carbocycles. The number of benzene rings is 2. The fourth-order valence-corrected chi connectivity index (χ4v) is 3.98. The average molecular weight is 475 g/mol. The lowest BCUT2D eigenvalue weighted by atomic mass is 10.0. The van der Waals surface area contributed by atoms with Gasteiger partial charge in [0.2, 0.25) is 0 Å². The molecule has 0 aromatic heterocycles. The summed E-state index contributed by atoms with van der Waals surface area (Å²) in [7, 11) is 2.00. The molecule has 1 aliphatic rings. The van der Waals surface area contributed by atoms with Gasteiger partial charge in [-0.15, -0.1) is 0 Å². The molecule has 34 heavy (non-hydrogen) atoms. The van der Waals surface area contributed by atoms with Crippen molar-refractivity contribution in [2.24, 2.45) is 5.73 Å².